The van der Waals surface area contributed by atoms with E-state index in [0.29, 0.717) is 24.5 Å². The first kappa shape index (κ1) is 16.6. The van der Waals surface area contributed by atoms with Gasteiger partial charge in [0, 0.05) is 56.2 Å². The summed E-state index contributed by atoms with van der Waals surface area (Å²) in [5.41, 5.74) is 1.17. The Hall–Kier alpha value is -2.25. The number of aromatic nitrogens is 2. The van der Waals surface area contributed by atoms with Gasteiger partial charge in [0.25, 0.3) is 5.91 Å². The highest BCUT2D eigenvalue weighted by atomic mass is 16.5. The third kappa shape index (κ3) is 3.47. The zero-order valence-corrected chi connectivity index (χ0v) is 13.8. The highest BCUT2D eigenvalue weighted by molar-refractivity contribution is 5.93. The van der Waals surface area contributed by atoms with E-state index in [1.807, 2.05) is 12.1 Å². The minimum atomic E-state index is -0.115. The third-order valence-corrected chi connectivity index (χ3v) is 4.49. The fourth-order valence-electron chi connectivity index (χ4n) is 2.98. The van der Waals surface area contributed by atoms with E-state index >= 15 is 0 Å². The Bertz CT molecular complexity index is 661. The van der Waals surface area contributed by atoms with Gasteiger partial charge in [0.05, 0.1) is 6.61 Å². The van der Waals surface area contributed by atoms with Gasteiger partial charge in [-0.05, 0) is 18.6 Å². The molecule has 0 bridgehead atoms. The van der Waals surface area contributed by atoms with Crippen LogP contribution in [0.5, 0.6) is 0 Å². The maximum atomic E-state index is 12.6. The summed E-state index contributed by atoms with van der Waals surface area (Å²) in [5.74, 6) is 0.446. The number of aliphatic hydroxyl groups is 1. The molecular formula is C17H22N4O3. The molecule has 0 spiro atoms. The van der Waals surface area contributed by atoms with Crippen molar-refractivity contribution in [2.24, 2.45) is 0 Å². The summed E-state index contributed by atoms with van der Waals surface area (Å²) in [7, 11) is 0. The van der Waals surface area contributed by atoms with Gasteiger partial charge in [-0.2, -0.15) is 0 Å². The van der Waals surface area contributed by atoms with Crippen molar-refractivity contribution in [3.8, 4) is 11.3 Å². The lowest BCUT2D eigenvalue weighted by molar-refractivity contribution is 0.0465. The molecule has 128 valence electrons. The molecule has 24 heavy (non-hydrogen) atoms. The fourth-order valence-corrected chi connectivity index (χ4v) is 2.98. The molecule has 2 aromatic rings. The molecule has 1 amide bonds. The van der Waals surface area contributed by atoms with Crippen LogP contribution in [-0.2, 0) is 0 Å². The Morgan fingerprint density at radius 3 is 2.62 bits per heavy atom. The number of aliphatic hydroxyl groups excluding tert-OH is 1. The summed E-state index contributed by atoms with van der Waals surface area (Å²) in [6, 6.07) is 5.47. The summed E-state index contributed by atoms with van der Waals surface area (Å²) in [4.78, 5) is 20.6. The molecule has 0 saturated carbocycles. The van der Waals surface area contributed by atoms with Crippen molar-refractivity contribution in [2.45, 2.75) is 19.4 Å². The Kier molecular flexibility index (Phi) is 5.22. The van der Waals surface area contributed by atoms with Gasteiger partial charge < -0.3 is 14.5 Å². The van der Waals surface area contributed by atoms with E-state index in [1.165, 1.54) is 0 Å². The largest absolute Gasteiger partial charge is 0.395 e. The number of hydrogen-bond acceptors (Lipinski definition) is 6. The number of carbonyl (C=O) groups is 1. The maximum Gasteiger partial charge on any atom is 0.276 e. The maximum absolute atomic E-state index is 12.6. The molecule has 1 aliphatic rings. The number of nitrogens with zero attached hydrogens (tertiary/aromatic N) is 4. The lowest BCUT2D eigenvalue weighted by Crippen LogP contribution is -2.52. The number of amides is 1. The molecule has 1 unspecified atom stereocenters. The SMILES string of the molecule is CCC(CO)N1CCN(C(=O)c2cc(-c3ccncc3)on2)CC1. The van der Waals surface area contributed by atoms with Gasteiger partial charge in [-0.15, -0.1) is 0 Å². The molecule has 1 atom stereocenters. The molecule has 2 aromatic heterocycles. The lowest BCUT2D eigenvalue weighted by Gasteiger charge is -2.38. The van der Waals surface area contributed by atoms with E-state index in [0.717, 1.165) is 25.1 Å². The van der Waals surface area contributed by atoms with Crippen LogP contribution in [0.4, 0.5) is 0 Å². The van der Waals surface area contributed by atoms with Crippen LogP contribution in [0.2, 0.25) is 0 Å². The van der Waals surface area contributed by atoms with E-state index in [-0.39, 0.29) is 18.6 Å². The Labute approximate surface area is 140 Å². The van der Waals surface area contributed by atoms with E-state index in [2.05, 4.69) is 22.0 Å². The molecule has 1 N–H and O–H groups in total. The summed E-state index contributed by atoms with van der Waals surface area (Å²) < 4.78 is 5.29. The van der Waals surface area contributed by atoms with Crippen LogP contribution in [0.25, 0.3) is 11.3 Å². The molecule has 7 heteroatoms. The van der Waals surface area contributed by atoms with Gasteiger partial charge in [0.15, 0.2) is 11.5 Å². The van der Waals surface area contributed by atoms with Crippen molar-refractivity contribution in [1.82, 2.24) is 19.9 Å². The topological polar surface area (TPSA) is 82.7 Å². The van der Waals surface area contributed by atoms with Gasteiger partial charge in [-0.1, -0.05) is 12.1 Å². The van der Waals surface area contributed by atoms with Crippen molar-refractivity contribution in [3.63, 3.8) is 0 Å². The van der Waals surface area contributed by atoms with Gasteiger partial charge in [0.2, 0.25) is 0 Å². The minimum Gasteiger partial charge on any atom is -0.395 e. The van der Waals surface area contributed by atoms with Gasteiger partial charge in [0.1, 0.15) is 0 Å². The van der Waals surface area contributed by atoms with E-state index in [9.17, 15) is 9.90 Å². The predicted molar refractivity (Wildman–Crippen MR) is 88.4 cm³/mol. The summed E-state index contributed by atoms with van der Waals surface area (Å²) in [6.45, 7) is 5.01. The normalized spacial score (nSPS) is 17.0. The second-order valence-electron chi connectivity index (χ2n) is 5.89. The Morgan fingerprint density at radius 2 is 2.00 bits per heavy atom. The first-order chi connectivity index (χ1) is 11.7. The fraction of sp³-hybridized carbons (Fsp3) is 0.471. The van der Waals surface area contributed by atoms with Crippen LogP contribution >= 0.6 is 0 Å². The van der Waals surface area contributed by atoms with Crippen molar-refractivity contribution in [3.05, 3.63) is 36.3 Å². The van der Waals surface area contributed by atoms with Gasteiger partial charge in [-0.25, -0.2) is 0 Å². The van der Waals surface area contributed by atoms with E-state index in [4.69, 9.17) is 4.52 Å². The van der Waals surface area contributed by atoms with Crippen molar-refractivity contribution in [1.29, 1.82) is 0 Å². The zero-order valence-electron chi connectivity index (χ0n) is 13.8. The van der Waals surface area contributed by atoms with Gasteiger partial charge in [-0.3, -0.25) is 14.7 Å². The van der Waals surface area contributed by atoms with E-state index in [1.54, 1.807) is 23.4 Å². The highest BCUT2D eigenvalue weighted by Gasteiger charge is 2.27. The van der Waals surface area contributed by atoms with E-state index < -0.39 is 0 Å². The van der Waals surface area contributed by atoms with Crippen molar-refractivity contribution >= 4 is 5.91 Å². The first-order valence-corrected chi connectivity index (χ1v) is 8.24. The number of rotatable bonds is 5. The molecule has 3 heterocycles. The van der Waals surface area contributed by atoms with Crippen LogP contribution in [-0.4, -0.2) is 69.8 Å². The predicted octanol–water partition coefficient (Wildman–Crippen LogP) is 1.27. The summed E-state index contributed by atoms with van der Waals surface area (Å²) >= 11 is 0. The average molecular weight is 330 g/mol. The second-order valence-corrected chi connectivity index (χ2v) is 5.89. The average Bonchev–Trinajstić information content (AvgIpc) is 3.14. The highest BCUT2D eigenvalue weighted by Crippen LogP contribution is 2.20. The standard InChI is InChI=1S/C17H22N4O3/c1-2-14(12-22)20-7-9-21(10-8-20)17(23)15-11-16(24-19-15)13-3-5-18-6-4-13/h3-6,11,14,22H,2,7-10,12H2,1H3. The minimum absolute atomic E-state index is 0.115. The smallest absolute Gasteiger partial charge is 0.276 e. The van der Waals surface area contributed by atoms with Gasteiger partial charge >= 0.3 is 0 Å². The van der Waals surface area contributed by atoms with Crippen LogP contribution in [0, 0.1) is 0 Å². The number of hydrogen-bond donors (Lipinski definition) is 1. The van der Waals surface area contributed by atoms with Crippen LogP contribution in [0.1, 0.15) is 23.8 Å². The Morgan fingerprint density at radius 1 is 1.29 bits per heavy atom. The molecule has 1 aliphatic heterocycles. The van der Waals surface area contributed by atoms with Crippen LogP contribution in [0.3, 0.4) is 0 Å². The summed E-state index contributed by atoms with van der Waals surface area (Å²) in [5, 5.41) is 13.3. The third-order valence-electron chi connectivity index (χ3n) is 4.49. The number of carbonyl (C=O) groups excluding carboxylic acids is 1. The molecule has 0 aliphatic carbocycles. The monoisotopic (exact) mass is 330 g/mol. The van der Waals surface area contributed by atoms with Crippen molar-refractivity contribution < 1.29 is 14.4 Å². The summed E-state index contributed by atoms with van der Waals surface area (Å²) in [6.07, 6.45) is 4.25. The van der Waals surface area contributed by atoms with Crippen molar-refractivity contribution in [2.75, 3.05) is 32.8 Å². The molecule has 3 rings (SSSR count). The Balaban J connectivity index is 1.63. The molecule has 0 radical (unpaired) electrons. The molecule has 7 nitrogen and oxygen atoms in total. The van der Waals surface area contributed by atoms with Crippen LogP contribution in [0.15, 0.2) is 35.1 Å². The quantitative estimate of drug-likeness (QED) is 0.889. The molecule has 0 aromatic carbocycles. The molecule has 1 fully saturated rings. The number of piperazine rings is 1. The van der Waals surface area contributed by atoms with Crippen LogP contribution < -0.4 is 0 Å². The first-order valence-electron chi connectivity index (χ1n) is 8.24. The molecular weight excluding hydrogens is 308 g/mol. The number of pyridine rings is 1. The lowest BCUT2D eigenvalue weighted by atomic mass is 10.1. The molecule has 1 saturated heterocycles. The zero-order chi connectivity index (χ0) is 16.9. The second kappa shape index (κ2) is 7.55.